The normalized spacial score (nSPS) is 14.1. The lowest BCUT2D eigenvalue weighted by atomic mass is 10.2. The zero-order valence-corrected chi connectivity index (χ0v) is 22.1. The Morgan fingerprint density at radius 2 is 1.50 bits per heavy atom. The number of carbonyl (C=O) groups excluding carboxylic acids is 1. The molecular weight excluding hydrogens is 453 g/mol. The monoisotopic (exact) mass is 500 g/mol. The van der Waals surface area contributed by atoms with Gasteiger partial charge in [0.2, 0.25) is 0 Å². The summed E-state index contributed by atoms with van der Waals surface area (Å²) < 4.78 is 21.1. The van der Waals surface area contributed by atoms with Crippen LogP contribution in [0.4, 0.5) is 0 Å². The first-order valence-electron chi connectivity index (χ1n) is 12.5. The van der Waals surface area contributed by atoms with Gasteiger partial charge in [0.15, 0.2) is 0 Å². The van der Waals surface area contributed by atoms with E-state index in [0.717, 1.165) is 25.7 Å². The van der Waals surface area contributed by atoms with E-state index in [1.807, 2.05) is 0 Å². The Morgan fingerprint density at radius 3 is 2.03 bits per heavy atom. The summed E-state index contributed by atoms with van der Waals surface area (Å²) in [5.41, 5.74) is 3.68. The SMILES string of the molecule is CCCCC/C=C\C/C=C\C/C=C\C/C=C\CCCC(=O)OC(CO)COP(OC)OCC[NH3+]. The molecule has 2 unspecified atom stereocenters. The van der Waals surface area contributed by atoms with Gasteiger partial charge in [0, 0.05) is 13.5 Å². The number of allylic oxidation sites excluding steroid dienone is 8. The molecule has 0 aromatic heterocycles. The summed E-state index contributed by atoms with van der Waals surface area (Å²) in [5, 5.41) is 9.39. The van der Waals surface area contributed by atoms with Crippen LogP contribution in [0.1, 0.15) is 71.1 Å². The molecule has 0 amide bonds. The molecule has 4 N–H and O–H groups in total. The first-order chi connectivity index (χ1) is 16.7. The van der Waals surface area contributed by atoms with Gasteiger partial charge in [-0.2, -0.15) is 0 Å². The number of quaternary nitrogens is 1. The summed E-state index contributed by atoms with van der Waals surface area (Å²) in [6, 6.07) is 0. The van der Waals surface area contributed by atoms with Crippen LogP contribution in [0, 0.1) is 0 Å². The molecule has 8 heteroatoms. The summed E-state index contributed by atoms with van der Waals surface area (Å²) in [4.78, 5) is 12.0. The molecule has 0 aliphatic heterocycles. The van der Waals surface area contributed by atoms with Crippen LogP contribution >= 0.6 is 8.60 Å². The lowest BCUT2D eigenvalue weighted by Crippen LogP contribution is -2.52. The highest BCUT2D eigenvalue weighted by molar-refractivity contribution is 7.41. The van der Waals surface area contributed by atoms with Crippen LogP contribution in [0.15, 0.2) is 48.6 Å². The van der Waals surface area contributed by atoms with Gasteiger partial charge in [-0.15, -0.1) is 0 Å². The Kier molecular flexibility index (Phi) is 25.2. The molecule has 0 spiro atoms. The smallest absolute Gasteiger partial charge is 0.332 e. The van der Waals surface area contributed by atoms with Crippen molar-refractivity contribution in [3.05, 3.63) is 48.6 Å². The fourth-order valence-corrected chi connectivity index (χ4v) is 3.57. The zero-order chi connectivity index (χ0) is 25.1. The molecule has 0 saturated heterocycles. The van der Waals surface area contributed by atoms with E-state index in [2.05, 4.69) is 61.3 Å². The molecule has 196 valence electrons. The first-order valence-corrected chi connectivity index (χ1v) is 13.6. The maximum Gasteiger partial charge on any atom is 0.332 e. The lowest BCUT2D eigenvalue weighted by Gasteiger charge is -2.18. The molecule has 0 saturated carbocycles. The quantitative estimate of drug-likeness (QED) is 0.0867. The van der Waals surface area contributed by atoms with Gasteiger partial charge >= 0.3 is 14.6 Å². The number of rotatable bonds is 23. The van der Waals surface area contributed by atoms with Crippen molar-refractivity contribution in [1.29, 1.82) is 0 Å². The van der Waals surface area contributed by atoms with Gasteiger partial charge in [0.25, 0.3) is 0 Å². The standard InChI is InChI=1S/C26H46NO6P/c1-3-4-5-6-7-8-9-10-11-12-13-14-15-16-17-18-19-20-26(29)33-25(23-28)24-32-34(30-2)31-22-21-27/h7-8,10-11,13-14,16-17,25,28H,3-6,9,12,15,18-24,27H2,1-2H3/p+1/b8-7-,11-10-,14-13-,17-16-. The molecule has 0 aromatic rings. The Hall–Kier alpha value is -1.34. The molecule has 0 aromatic carbocycles. The highest BCUT2D eigenvalue weighted by Crippen LogP contribution is 2.38. The van der Waals surface area contributed by atoms with Crippen molar-refractivity contribution in [2.75, 3.05) is 33.5 Å². The Balaban J connectivity index is 3.79. The topological polar surface area (TPSA) is 102 Å². The first kappa shape index (κ1) is 32.7. The van der Waals surface area contributed by atoms with E-state index in [1.165, 1.54) is 32.8 Å². The van der Waals surface area contributed by atoms with Crippen molar-refractivity contribution in [2.24, 2.45) is 0 Å². The van der Waals surface area contributed by atoms with Crippen molar-refractivity contribution >= 4 is 14.6 Å². The fourth-order valence-electron chi connectivity index (χ4n) is 2.72. The highest BCUT2D eigenvalue weighted by atomic mass is 31.2. The molecule has 0 fully saturated rings. The number of unbranched alkanes of at least 4 members (excludes halogenated alkanes) is 4. The second kappa shape index (κ2) is 26.3. The number of aliphatic hydroxyl groups is 1. The van der Waals surface area contributed by atoms with Gasteiger partial charge in [0.1, 0.15) is 12.7 Å². The molecule has 0 radical (unpaired) electrons. The van der Waals surface area contributed by atoms with E-state index in [4.69, 9.17) is 18.3 Å². The zero-order valence-electron chi connectivity index (χ0n) is 21.2. The van der Waals surface area contributed by atoms with E-state index < -0.39 is 14.7 Å². The van der Waals surface area contributed by atoms with E-state index in [9.17, 15) is 9.90 Å². The summed E-state index contributed by atoms with van der Waals surface area (Å²) in [6.07, 6.45) is 26.4. The van der Waals surface area contributed by atoms with Gasteiger partial charge in [0.05, 0.1) is 19.8 Å². The molecule has 2 atom stereocenters. The lowest BCUT2D eigenvalue weighted by molar-refractivity contribution is -0.371. The summed E-state index contributed by atoms with van der Waals surface area (Å²) in [5.74, 6) is -0.348. The Bertz CT molecular complexity index is 580. The molecule has 0 aliphatic carbocycles. The van der Waals surface area contributed by atoms with Gasteiger partial charge in [-0.05, 0) is 44.9 Å². The van der Waals surface area contributed by atoms with Crippen LogP contribution in [-0.2, 0) is 23.1 Å². The van der Waals surface area contributed by atoms with Crippen molar-refractivity contribution in [3.63, 3.8) is 0 Å². The second-order valence-electron chi connectivity index (χ2n) is 7.66. The van der Waals surface area contributed by atoms with E-state index in [1.54, 1.807) is 0 Å². The average Bonchev–Trinajstić information content (AvgIpc) is 2.85. The highest BCUT2D eigenvalue weighted by Gasteiger charge is 2.18. The van der Waals surface area contributed by atoms with Gasteiger partial charge in [-0.3, -0.25) is 4.79 Å². The molecule has 0 rings (SSSR count). The predicted molar refractivity (Wildman–Crippen MR) is 139 cm³/mol. The Labute approximate surface area is 208 Å². The fraction of sp³-hybridized carbons (Fsp3) is 0.654. The molecule has 7 nitrogen and oxygen atoms in total. The third-order valence-corrected chi connectivity index (χ3v) is 5.62. The number of ether oxygens (including phenoxy) is 1. The number of aliphatic hydroxyl groups excluding tert-OH is 1. The molecule has 0 aliphatic rings. The van der Waals surface area contributed by atoms with Crippen molar-refractivity contribution in [3.8, 4) is 0 Å². The number of esters is 1. The molecule has 34 heavy (non-hydrogen) atoms. The van der Waals surface area contributed by atoms with Crippen LogP contribution in [-0.4, -0.2) is 50.7 Å². The van der Waals surface area contributed by atoms with Crippen molar-refractivity contribution in [2.45, 2.75) is 77.2 Å². The number of hydrogen-bond donors (Lipinski definition) is 2. The molecular formula is C26H47NO6P+. The largest absolute Gasteiger partial charge is 0.457 e. The van der Waals surface area contributed by atoms with Crippen molar-refractivity contribution in [1.82, 2.24) is 0 Å². The van der Waals surface area contributed by atoms with Crippen molar-refractivity contribution < 1.29 is 33.9 Å². The summed E-state index contributed by atoms with van der Waals surface area (Å²) in [7, 11) is -0.0444. The molecule has 0 bridgehead atoms. The van der Waals surface area contributed by atoms with Crippen LogP contribution in [0.2, 0.25) is 0 Å². The van der Waals surface area contributed by atoms with E-state index >= 15 is 0 Å². The second-order valence-corrected chi connectivity index (χ2v) is 8.99. The van der Waals surface area contributed by atoms with Crippen LogP contribution < -0.4 is 5.73 Å². The van der Waals surface area contributed by atoms with Crippen LogP contribution in [0.5, 0.6) is 0 Å². The predicted octanol–water partition coefficient (Wildman–Crippen LogP) is 5.18. The third kappa shape index (κ3) is 22.5. The number of hydrogen-bond acceptors (Lipinski definition) is 6. The van der Waals surface area contributed by atoms with E-state index in [0.29, 0.717) is 26.0 Å². The van der Waals surface area contributed by atoms with Crippen LogP contribution in [0.25, 0.3) is 0 Å². The van der Waals surface area contributed by atoms with Gasteiger partial charge in [-0.1, -0.05) is 68.4 Å². The van der Waals surface area contributed by atoms with Gasteiger partial charge < -0.3 is 29.1 Å². The maximum absolute atomic E-state index is 12.0. The minimum absolute atomic E-state index is 0.0239. The van der Waals surface area contributed by atoms with Gasteiger partial charge in [-0.25, -0.2) is 0 Å². The van der Waals surface area contributed by atoms with Crippen LogP contribution in [0.3, 0.4) is 0 Å². The summed E-state index contributed by atoms with van der Waals surface area (Å²) in [6.45, 7) is 2.96. The minimum atomic E-state index is -1.52. The van der Waals surface area contributed by atoms with E-state index in [-0.39, 0.29) is 19.2 Å². The summed E-state index contributed by atoms with van der Waals surface area (Å²) >= 11 is 0. The maximum atomic E-state index is 12.0. The minimum Gasteiger partial charge on any atom is -0.457 e. The third-order valence-electron chi connectivity index (χ3n) is 4.57. The number of carbonyl (C=O) groups is 1. The molecule has 0 heterocycles. The average molecular weight is 501 g/mol. The Morgan fingerprint density at radius 1 is 0.912 bits per heavy atom.